The molecule has 3 heteroatoms. The predicted molar refractivity (Wildman–Crippen MR) is 68.6 cm³/mol. The number of benzene rings is 1. The largest absolute Gasteiger partial charge is 0.454 e. The molecule has 0 aromatic heterocycles. The van der Waals surface area contributed by atoms with Crippen molar-refractivity contribution in [1.29, 1.82) is 0 Å². The molecular formula is C14H21NO2. The number of rotatable bonds is 4. The van der Waals surface area contributed by atoms with E-state index in [0.717, 1.165) is 17.9 Å². The second-order valence-electron chi connectivity index (χ2n) is 5.00. The summed E-state index contributed by atoms with van der Waals surface area (Å²) >= 11 is 0. The van der Waals surface area contributed by atoms with Gasteiger partial charge in [-0.05, 0) is 51.9 Å². The van der Waals surface area contributed by atoms with Crippen LogP contribution in [0, 0.1) is 0 Å². The molecule has 0 bridgehead atoms. The molecule has 0 N–H and O–H groups in total. The van der Waals surface area contributed by atoms with Gasteiger partial charge in [-0.15, -0.1) is 0 Å². The van der Waals surface area contributed by atoms with Crippen molar-refractivity contribution >= 4 is 0 Å². The highest BCUT2D eigenvalue weighted by atomic mass is 16.7. The Morgan fingerprint density at radius 3 is 2.59 bits per heavy atom. The standard InChI is InChI=1S/C14H21NO2/c1-10(2)15(4)11(3)7-12-5-6-13-14(8-12)17-9-16-13/h5-6,8,10-11H,7,9H2,1-4H3. The fourth-order valence-electron chi connectivity index (χ4n) is 2.06. The number of likely N-dealkylation sites (N-methyl/N-ethyl adjacent to an activating group) is 1. The summed E-state index contributed by atoms with van der Waals surface area (Å²) in [5.41, 5.74) is 1.30. The third-order valence-electron chi connectivity index (χ3n) is 3.48. The van der Waals surface area contributed by atoms with Crippen LogP contribution in [0.4, 0.5) is 0 Å². The van der Waals surface area contributed by atoms with E-state index in [-0.39, 0.29) is 0 Å². The summed E-state index contributed by atoms with van der Waals surface area (Å²) in [5.74, 6) is 1.74. The maximum absolute atomic E-state index is 5.39. The molecule has 1 aliphatic heterocycles. The molecule has 1 unspecified atom stereocenters. The van der Waals surface area contributed by atoms with Crippen molar-refractivity contribution in [2.75, 3.05) is 13.8 Å². The Bertz CT molecular complexity index is 390. The molecule has 0 saturated carbocycles. The number of ether oxygens (including phenoxy) is 2. The lowest BCUT2D eigenvalue weighted by molar-refractivity contribution is 0.174. The fourth-order valence-corrected chi connectivity index (χ4v) is 2.06. The molecule has 2 rings (SSSR count). The number of hydrogen-bond acceptors (Lipinski definition) is 3. The van der Waals surface area contributed by atoms with Gasteiger partial charge >= 0.3 is 0 Å². The summed E-state index contributed by atoms with van der Waals surface area (Å²) in [4.78, 5) is 2.38. The van der Waals surface area contributed by atoms with Gasteiger partial charge in [0.25, 0.3) is 0 Å². The summed E-state index contributed by atoms with van der Waals surface area (Å²) in [5, 5.41) is 0. The quantitative estimate of drug-likeness (QED) is 0.801. The Labute approximate surface area is 103 Å². The smallest absolute Gasteiger partial charge is 0.231 e. The van der Waals surface area contributed by atoms with Gasteiger partial charge in [0.2, 0.25) is 6.79 Å². The lowest BCUT2D eigenvalue weighted by atomic mass is 10.0. The van der Waals surface area contributed by atoms with Crippen molar-refractivity contribution in [2.45, 2.75) is 39.3 Å². The van der Waals surface area contributed by atoms with Gasteiger partial charge in [0.05, 0.1) is 0 Å². The van der Waals surface area contributed by atoms with E-state index in [9.17, 15) is 0 Å². The van der Waals surface area contributed by atoms with Gasteiger partial charge in [0.15, 0.2) is 11.5 Å². The minimum Gasteiger partial charge on any atom is -0.454 e. The van der Waals surface area contributed by atoms with Gasteiger partial charge in [0, 0.05) is 12.1 Å². The molecule has 1 atom stereocenters. The zero-order valence-electron chi connectivity index (χ0n) is 11.1. The van der Waals surface area contributed by atoms with Crippen LogP contribution in [0.5, 0.6) is 11.5 Å². The van der Waals surface area contributed by atoms with Crippen LogP contribution in [0.3, 0.4) is 0 Å². The van der Waals surface area contributed by atoms with E-state index in [1.807, 2.05) is 6.07 Å². The lowest BCUT2D eigenvalue weighted by Crippen LogP contribution is -2.36. The first-order valence-electron chi connectivity index (χ1n) is 6.18. The average molecular weight is 235 g/mol. The third kappa shape index (κ3) is 2.72. The van der Waals surface area contributed by atoms with E-state index in [1.165, 1.54) is 5.56 Å². The Hall–Kier alpha value is -1.22. The van der Waals surface area contributed by atoms with Crippen molar-refractivity contribution < 1.29 is 9.47 Å². The second-order valence-corrected chi connectivity index (χ2v) is 5.00. The van der Waals surface area contributed by atoms with Crippen LogP contribution in [0.1, 0.15) is 26.3 Å². The lowest BCUT2D eigenvalue weighted by Gasteiger charge is -2.28. The van der Waals surface area contributed by atoms with Gasteiger partial charge in [-0.25, -0.2) is 0 Å². The SMILES string of the molecule is CC(C)N(C)C(C)Cc1ccc2c(c1)OCO2. The molecule has 0 spiro atoms. The second kappa shape index (κ2) is 4.96. The molecule has 0 amide bonds. The van der Waals surface area contributed by atoms with Crippen LogP contribution in [0.2, 0.25) is 0 Å². The van der Waals surface area contributed by atoms with E-state index in [4.69, 9.17) is 9.47 Å². The van der Waals surface area contributed by atoms with Crippen LogP contribution in [-0.2, 0) is 6.42 Å². The highest BCUT2D eigenvalue weighted by Gasteiger charge is 2.16. The Morgan fingerprint density at radius 2 is 1.88 bits per heavy atom. The molecule has 0 saturated heterocycles. The van der Waals surface area contributed by atoms with Crippen LogP contribution >= 0.6 is 0 Å². The van der Waals surface area contributed by atoms with Crippen molar-refractivity contribution in [3.63, 3.8) is 0 Å². The Balaban J connectivity index is 2.04. The molecule has 17 heavy (non-hydrogen) atoms. The number of nitrogens with zero attached hydrogens (tertiary/aromatic N) is 1. The molecule has 3 nitrogen and oxygen atoms in total. The van der Waals surface area contributed by atoms with Gasteiger partial charge < -0.3 is 14.4 Å². The zero-order valence-corrected chi connectivity index (χ0v) is 11.1. The normalized spacial score (nSPS) is 15.6. The van der Waals surface area contributed by atoms with Gasteiger partial charge in [-0.3, -0.25) is 0 Å². The van der Waals surface area contributed by atoms with E-state index in [1.54, 1.807) is 0 Å². The van der Waals surface area contributed by atoms with Crippen LogP contribution in [-0.4, -0.2) is 30.8 Å². The zero-order chi connectivity index (χ0) is 12.4. The minimum atomic E-state index is 0.347. The first-order chi connectivity index (χ1) is 8.08. The number of hydrogen-bond donors (Lipinski definition) is 0. The van der Waals surface area contributed by atoms with Gasteiger partial charge in [-0.2, -0.15) is 0 Å². The Kier molecular flexibility index (Phi) is 3.57. The molecule has 0 radical (unpaired) electrons. The van der Waals surface area contributed by atoms with Gasteiger partial charge in [-0.1, -0.05) is 6.07 Å². The maximum atomic E-state index is 5.39. The van der Waals surface area contributed by atoms with Crippen LogP contribution in [0.25, 0.3) is 0 Å². The highest BCUT2D eigenvalue weighted by Crippen LogP contribution is 2.32. The van der Waals surface area contributed by atoms with Crippen molar-refractivity contribution in [3.8, 4) is 11.5 Å². The molecule has 0 fully saturated rings. The summed E-state index contributed by atoms with van der Waals surface area (Å²) in [7, 11) is 2.17. The van der Waals surface area contributed by atoms with Crippen molar-refractivity contribution in [3.05, 3.63) is 23.8 Å². The van der Waals surface area contributed by atoms with E-state index >= 15 is 0 Å². The molecule has 94 valence electrons. The van der Waals surface area contributed by atoms with Crippen LogP contribution in [0.15, 0.2) is 18.2 Å². The average Bonchev–Trinajstić information content (AvgIpc) is 2.74. The summed E-state index contributed by atoms with van der Waals surface area (Å²) in [6.07, 6.45) is 1.03. The minimum absolute atomic E-state index is 0.347. The Morgan fingerprint density at radius 1 is 1.18 bits per heavy atom. The summed E-state index contributed by atoms with van der Waals surface area (Å²) in [6.45, 7) is 7.04. The van der Waals surface area contributed by atoms with Crippen molar-refractivity contribution in [2.24, 2.45) is 0 Å². The van der Waals surface area contributed by atoms with Gasteiger partial charge in [0.1, 0.15) is 0 Å². The van der Waals surface area contributed by atoms with Crippen molar-refractivity contribution in [1.82, 2.24) is 4.90 Å². The van der Waals surface area contributed by atoms with E-state index in [2.05, 4.69) is 44.9 Å². The topological polar surface area (TPSA) is 21.7 Å². The number of fused-ring (bicyclic) bond motifs is 1. The first-order valence-corrected chi connectivity index (χ1v) is 6.18. The predicted octanol–water partition coefficient (Wildman–Crippen LogP) is 2.69. The summed E-state index contributed by atoms with van der Waals surface area (Å²) < 4.78 is 10.7. The summed E-state index contributed by atoms with van der Waals surface area (Å²) in [6, 6.07) is 7.31. The molecule has 0 aliphatic carbocycles. The first kappa shape index (κ1) is 12.2. The molecular weight excluding hydrogens is 214 g/mol. The molecule has 1 aliphatic rings. The monoisotopic (exact) mass is 235 g/mol. The molecule has 1 heterocycles. The van der Waals surface area contributed by atoms with E-state index in [0.29, 0.717) is 18.9 Å². The van der Waals surface area contributed by atoms with E-state index < -0.39 is 0 Å². The van der Waals surface area contributed by atoms with Crippen LogP contribution < -0.4 is 9.47 Å². The molecule has 1 aromatic carbocycles. The fraction of sp³-hybridized carbons (Fsp3) is 0.571. The molecule has 1 aromatic rings. The third-order valence-corrected chi connectivity index (χ3v) is 3.48. The maximum Gasteiger partial charge on any atom is 0.231 e. The highest BCUT2D eigenvalue weighted by molar-refractivity contribution is 5.44.